The van der Waals surface area contributed by atoms with Crippen LogP contribution < -0.4 is 14.4 Å². The molecule has 2 amide bonds. The first kappa shape index (κ1) is 23.0. The molecule has 2 fully saturated rings. The standard InChI is InChI=1S/C30H24INO4/c1-35-21-11-3-17(4-12-21)25(18-5-13-22(36-2)14-6-18)26-23-15-16-24(26)28-27(23)29(33)32(30(28)34)20-9-7-19(31)8-10-20/h3-16,23-24,27-28H,1-2H3/t23-,24-,27-,28-/m1/s1. The summed E-state index contributed by atoms with van der Waals surface area (Å²) in [4.78, 5) is 28.8. The van der Waals surface area contributed by atoms with Crippen LogP contribution in [0, 0.1) is 27.2 Å². The number of fused-ring (bicyclic) bond motifs is 5. The molecule has 0 spiro atoms. The van der Waals surface area contributed by atoms with Crippen molar-refractivity contribution in [3.05, 3.63) is 105 Å². The van der Waals surface area contributed by atoms with Gasteiger partial charge in [0.05, 0.1) is 31.7 Å². The Hall–Kier alpha value is -3.39. The van der Waals surface area contributed by atoms with E-state index >= 15 is 0 Å². The highest BCUT2D eigenvalue weighted by Crippen LogP contribution is 2.59. The highest BCUT2D eigenvalue weighted by molar-refractivity contribution is 14.1. The number of hydrogen-bond acceptors (Lipinski definition) is 4. The van der Waals surface area contributed by atoms with Gasteiger partial charge in [0.15, 0.2) is 0 Å². The first-order valence-corrected chi connectivity index (χ1v) is 12.9. The minimum atomic E-state index is -0.381. The molecule has 3 aromatic rings. The van der Waals surface area contributed by atoms with Gasteiger partial charge in [-0.2, -0.15) is 0 Å². The highest BCUT2D eigenvalue weighted by Gasteiger charge is 2.62. The van der Waals surface area contributed by atoms with Crippen LogP contribution in [0.5, 0.6) is 11.5 Å². The molecule has 1 heterocycles. The van der Waals surface area contributed by atoms with Crippen LogP contribution in [-0.4, -0.2) is 26.0 Å². The lowest BCUT2D eigenvalue weighted by molar-refractivity contribution is -0.122. The van der Waals surface area contributed by atoms with E-state index < -0.39 is 0 Å². The Balaban J connectivity index is 1.47. The number of carbonyl (C=O) groups is 2. The summed E-state index contributed by atoms with van der Waals surface area (Å²) in [6.07, 6.45) is 4.24. The topological polar surface area (TPSA) is 55.8 Å². The van der Waals surface area contributed by atoms with E-state index in [1.807, 2.05) is 72.8 Å². The largest absolute Gasteiger partial charge is 0.497 e. The first-order valence-electron chi connectivity index (χ1n) is 11.9. The zero-order valence-electron chi connectivity index (χ0n) is 19.9. The number of carbonyl (C=O) groups excluding carboxylic acids is 2. The van der Waals surface area contributed by atoms with Gasteiger partial charge in [-0.3, -0.25) is 9.59 Å². The lowest BCUT2D eigenvalue weighted by atomic mass is 9.85. The number of ether oxygens (including phenoxy) is 2. The van der Waals surface area contributed by atoms with Crippen LogP contribution in [0.25, 0.3) is 5.57 Å². The van der Waals surface area contributed by atoms with Crippen LogP contribution in [-0.2, 0) is 9.59 Å². The molecule has 1 aliphatic heterocycles. The van der Waals surface area contributed by atoms with Crippen LogP contribution in [0.3, 0.4) is 0 Å². The van der Waals surface area contributed by atoms with Crippen molar-refractivity contribution in [3.8, 4) is 11.5 Å². The second-order valence-electron chi connectivity index (χ2n) is 9.26. The van der Waals surface area contributed by atoms with Crippen molar-refractivity contribution in [1.82, 2.24) is 0 Å². The molecule has 1 saturated heterocycles. The lowest BCUT2D eigenvalue weighted by Crippen LogP contribution is -2.33. The molecule has 3 aromatic carbocycles. The Kier molecular flexibility index (Phi) is 5.71. The van der Waals surface area contributed by atoms with Gasteiger partial charge in [0.25, 0.3) is 0 Å². The summed E-state index contributed by atoms with van der Waals surface area (Å²) in [5.41, 5.74) is 4.92. The smallest absolute Gasteiger partial charge is 0.238 e. The minimum Gasteiger partial charge on any atom is -0.497 e. The Morgan fingerprint density at radius 3 is 1.56 bits per heavy atom. The Labute approximate surface area is 223 Å². The SMILES string of the molecule is COc1ccc(C(=C2[C@H]3C=C[C@H]2[C@H]2C(=O)N(c4ccc(I)cc4)C(=O)[C@@H]23)c2ccc(OC)cc2)cc1. The number of anilines is 1. The van der Waals surface area contributed by atoms with Gasteiger partial charge >= 0.3 is 0 Å². The zero-order chi connectivity index (χ0) is 25.0. The van der Waals surface area contributed by atoms with E-state index in [1.165, 1.54) is 4.90 Å². The van der Waals surface area contributed by atoms with Crippen LogP contribution in [0.1, 0.15) is 11.1 Å². The van der Waals surface area contributed by atoms with Crippen molar-refractivity contribution in [2.45, 2.75) is 0 Å². The van der Waals surface area contributed by atoms with E-state index in [9.17, 15) is 9.59 Å². The summed E-state index contributed by atoms with van der Waals surface area (Å²) < 4.78 is 11.8. The van der Waals surface area contributed by atoms with E-state index in [2.05, 4.69) is 34.7 Å². The Morgan fingerprint density at radius 1 is 0.694 bits per heavy atom. The third-order valence-electron chi connectivity index (χ3n) is 7.55. The number of hydrogen-bond donors (Lipinski definition) is 0. The molecule has 2 aliphatic carbocycles. The van der Waals surface area contributed by atoms with Crippen LogP contribution in [0.2, 0.25) is 0 Å². The number of halogens is 1. The Morgan fingerprint density at radius 2 is 1.14 bits per heavy atom. The molecule has 2 bridgehead atoms. The number of imide groups is 1. The molecule has 0 radical (unpaired) electrons. The fraction of sp³-hybridized carbons (Fsp3) is 0.200. The monoisotopic (exact) mass is 589 g/mol. The van der Waals surface area contributed by atoms with Crippen LogP contribution >= 0.6 is 22.6 Å². The molecule has 36 heavy (non-hydrogen) atoms. The van der Waals surface area contributed by atoms with Crippen molar-refractivity contribution in [2.75, 3.05) is 19.1 Å². The lowest BCUT2D eigenvalue weighted by Gasteiger charge is -2.22. The number of amides is 2. The molecule has 0 N–H and O–H groups in total. The van der Waals surface area contributed by atoms with E-state index in [0.29, 0.717) is 5.69 Å². The molecule has 5 nitrogen and oxygen atoms in total. The first-order chi connectivity index (χ1) is 17.5. The fourth-order valence-corrected chi connectivity index (χ4v) is 6.32. The van der Waals surface area contributed by atoms with Gasteiger partial charge in [0, 0.05) is 15.4 Å². The van der Waals surface area contributed by atoms with Gasteiger partial charge in [0.2, 0.25) is 11.8 Å². The van der Waals surface area contributed by atoms with E-state index in [4.69, 9.17) is 9.47 Å². The van der Waals surface area contributed by atoms with Crippen molar-refractivity contribution < 1.29 is 19.1 Å². The maximum Gasteiger partial charge on any atom is 0.238 e. The number of benzene rings is 3. The number of methoxy groups -OCH3 is 2. The quantitative estimate of drug-likeness (QED) is 0.217. The summed E-state index contributed by atoms with van der Waals surface area (Å²) >= 11 is 2.22. The minimum absolute atomic E-state index is 0.107. The van der Waals surface area contributed by atoms with E-state index in [0.717, 1.165) is 37.3 Å². The van der Waals surface area contributed by atoms with E-state index in [1.54, 1.807) is 14.2 Å². The van der Waals surface area contributed by atoms with Crippen molar-refractivity contribution in [2.24, 2.45) is 23.7 Å². The summed E-state index contributed by atoms with van der Waals surface area (Å²) in [7, 11) is 3.30. The third-order valence-corrected chi connectivity index (χ3v) is 8.27. The maximum absolute atomic E-state index is 13.7. The van der Waals surface area contributed by atoms with Crippen molar-refractivity contribution in [3.63, 3.8) is 0 Å². The predicted molar refractivity (Wildman–Crippen MR) is 147 cm³/mol. The molecule has 1 saturated carbocycles. The summed E-state index contributed by atoms with van der Waals surface area (Å²) in [6.45, 7) is 0. The normalized spacial score (nSPS) is 23.9. The second kappa shape index (κ2) is 8.92. The predicted octanol–water partition coefficient (Wildman–Crippen LogP) is 5.73. The number of allylic oxidation sites excluding steroid dienone is 3. The summed E-state index contributed by atoms with van der Waals surface area (Å²) in [6, 6.07) is 23.5. The van der Waals surface area contributed by atoms with Gasteiger partial charge in [-0.05, 0) is 93.4 Å². The average Bonchev–Trinajstić information content (AvgIpc) is 3.55. The molecular formula is C30H24INO4. The summed E-state index contributed by atoms with van der Waals surface area (Å²) in [5, 5.41) is 0. The molecule has 6 heteroatoms. The molecule has 4 atom stereocenters. The average molecular weight is 589 g/mol. The second-order valence-corrected chi connectivity index (χ2v) is 10.5. The molecular weight excluding hydrogens is 565 g/mol. The maximum atomic E-state index is 13.7. The molecule has 6 rings (SSSR count). The molecule has 0 unspecified atom stereocenters. The van der Waals surface area contributed by atoms with Gasteiger partial charge in [-0.1, -0.05) is 36.4 Å². The zero-order valence-corrected chi connectivity index (χ0v) is 22.0. The van der Waals surface area contributed by atoms with Gasteiger partial charge < -0.3 is 9.47 Å². The van der Waals surface area contributed by atoms with Crippen LogP contribution in [0.15, 0.2) is 90.5 Å². The third kappa shape index (κ3) is 3.50. The Bertz CT molecular complexity index is 1320. The highest BCUT2D eigenvalue weighted by atomic mass is 127. The van der Waals surface area contributed by atoms with E-state index in [-0.39, 0.29) is 35.5 Å². The van der Waals surface area contributed by atoms with Gasteiger partial charge in [-0.15, -0.1) is 0 Å². The molecule has 180 valence electrons. The summed E-state index contributed by atoms with van der Waals surface area (Å²) in [5.74, 6) is 0.339. The molecule has 0 aromatic heterocycles. The van der Waals surface area contributed by atoms with Crippen LogP contribution in [0.4, 0.5) is 5.69 Å². The number of rotatable bonds is 5. The molecule has 3 aliphatic rings. The van der Waals surface area contributed by atoms with Gasteiger partial charge in [-0.25, -0.2) is 4.90 Å². The fourth-order valence-electron chi connectivity index (χ4n) is 5.96. The van der Waals surface area contributed by atoms with Crippen molar-refractivity contribution in [1.29, 1.82) is 0 Å². The number of nitrogens with zero attached hydrogens (tertiary/aromatic N) is 1. The van der Waals surface area contributed by atoms with Gasteiger partial charge in [0.1, 0.15) is 11.5 Å². The van der Waals surface area contributed by atoms with Crippen molar-refractivity contribution >= 4 is 45.7 Å².